The van der Waals surface area contributed by atoms with E-state index in [2.05, 4.69) is 0 Å². The predicted molar refractivity (Wildman–Crippen MR) is 106 cm³/mol. The SMILES string of the molecule is CN1CCN(C(=O)Cc2ccc3c(c2)OCCO3)c2nc3ccccc3nc21. The highest BCUT2D eigenvalue weighted by Crippen LogP contribution is 2.33. The van der Waals surface area contributed by atoms with Crippen molar-refractivity contribution in [3.63, 3.8) is 0 Å². The van der Waals surface area contributed by atoms with Crippen molar-refractivity contribution in [2.75, 3.05) is 43.2 Å². The van der Waals surface area contributed by atoms with Gasteiger partial charge in [0.1, 0.15) is 13.2 Å². The Hall–Kier alpha value is -3.35. The molecule has 0 radical (unpaired) electrons. The van der Waals surface area contributed by atoms with Gasteiger partial charge in [0.05, 0.1) is 17.5 Å². The van der Waals surface area contributed by atoms with Crippen LogP contribution in [0.2, 0.25) is 0 Å². The summed E-state index contributed by atoms with van der Waals surface area (Å²) in [5.41, 5.74) is 2.51. The summed E-state index contributed by atoms with van der Waals surface area (Å²) in [6.45, 7) is 2.38. The summed E-state index contributed by atoms with van der Waals surface area (Å²) < 4.78 is 11.2. The lowest BCUT2D eigenvalue weighted by Crippen LogP contribution is -2.44. The van der Waals surface area contributed by atoms with E-state index in [1.165, 1.54) is 0 Å². The number of carbonyl (C=O) groups excluding carboxylic acids is 1. The molecule has 3 aromatic rings. The molecule has 7 heteroatoms. The summed E-state index contributed by atoms with van der Waals surface area (Å²) in [7, 11) is 1.98. The van der Waals surface area contributed by atoms with E-state index in [0.717, 1.165) is 28.2 Å². The van der Waals surface area contributed by atoms with Crippen LogP contribution in [0.25, 0.3) is 11.0 Å². The number of likely N-dealkylation sites (N-methyl/N-ethyl adjacent to an activating group) is 1. The first kappa shape index (κ1) is 16.8. The number of anilines is 2. The molecule has 1 amide bonds. The molecule has 2 aromatic carbocycles. The van der Waals surface area contributed by atoms with Crippen molar-refractivity contribution < 1.29 is 14.3 Å². The Morgan fingerprint density at radius 2 is 1.68 bits per heavy atom. The van der Waals surface area contributed by atoms with Crippen LogP contribution in [0.4, 0.5) is 11.6 Å². The molecule has 2 aliphatic rings. The first-order chi connectivity index (χ1) is 13.7. The van der Waals surface area contributed by atoms with Gasteiger partial charge in [-0.2, -0.15) is 0 Å². The van der Waals surface area contributed by atoms with Crippen molar-refractivity contribution in [2.45, 2.75) is 6.42 Å². The largest absolute Gasteiger partial charge is 0.486 e. The van der Waals surface area contributed by atoms with E-state index >= 15 is 0 Å². The van der Waals surface area contributed by atoms with Gasteiger partial charge in [-0.05, 0) is 29.8 Å². The highest BCUT2D eigenvalue weighted by molar-refractivity contribution is 5.98. The van der Waals surface area contributed by atoms with Gasteiger partial charge in [-0.25, -0.2) is 9.97 Å². The lowest BCUT2D eigenvalue weighted by Gasteiger charge is -2.33. The van der Waals surface area contributed by atoms with Gasteiger partial charge in [-0.3, -0.25) is 9.69 Å². The smallest absolute Gasteiger partial charge is 0.232 e. The normalized spacial score (nSPS) is 15.5. The van der Waals surface area contributed by atoms with E-state index in [1.807, 2.05) is 54.4 Å². The van der Waals surface area contributed by atoms with Crippen molar-refractivity contribution >= 4 is 28.6 Å². The molecule has 0 N–H and O–H groups in total. The topological polar surface area (TPSA) is 67.8 Å². The highest BCUT2D eigenvalue weighted by atomic mass is 16.6. The monoisotopic (exact) mass is 376 g/mol. The summed E-state index contributed by atoms with van der Waals surface area (Å²) >= 11 is 0. The van der Waals surface area contributed by atoms with Crippen LogP contribution in [-0.4, -0.2) is 49.2 Å². The van der Waals surface area contributed by atoms with Gasteiger partial charge in [0.15, 0.2) is 23.1 Å². The number of ether oxygens (including phenoxy) is 2. The fraction of sp³-hybridized carbons (Fsp3) is 0.286. The lowest BCUT2D eigenvalue weighted by atomic mass is 10.1. The number of fused-ring (bicyclic) bond motifs is 3. The summed E-state index contributed by atoms with van der Waals surface area (Å²) in [5.74, 6) is 2.77. The third-order valence-electron chi connectivity index (χ3n) is 5.07. The Morgan fingerprint density at radius 1 is 0.964 bits per heavy atom. The van der Waals surface area contributed by atoms with Crippen LogP contribution in [-0.2, 0) is 11.2 Å². The molecule has 0 spiro atoms. The predicted octanol–water partition coefficient (Wildman–Crippen LogP) is 2.43. The van der Waals surface area contributed by atoms with Crippen LogP contribution >= 0.6 is 0 Å². The molecule has 0 atom stereocenters. The van der Waals surface area contributed by atoms with Crippen LogP contribution in [0.3, 0.4) is 0 Å². The first-order valence-corrected chi connectivity index (χ1v) is 9.36. The van der Waals surface area contributed by atoms with Crippen LogP contribution < -0.4 is 19.3 Å². The van der Waals surface area contributed by atoms with Crippen molar-refractivity contribution in [3.8, 4) is 11.5 Å². The van der Waals surface area contributed by atoms with E-state index < -0.39 is 0 Å². The van der Waals surface area contributed by atoms with E-state index in [-0.39, 0.29) is 12.3 Å². The maximum absolute atomic E-state index is 13.1. The van der Waals surface area contributed by atoms with Crippen LogP contribution in [0, 0.1) is 0 Å². The molecule has 1 aromatic heterocycles. The maximum atomic E-state index is 13.1. The minimum Gasteiger partial charge on any atom is -0.486 e. The number of amides is 1. The van der Waals surface area contributed by atoms with E-state index in [4.69, 9.17) is 19.4 Å². The molecule has 5 rings (SSSR count). The zero-order chi connectivity index (χ0) is 19.1. The Labute approximate surface area is 162 Å². The molecule has 7 nitrogen and oxygen atoms in total. The second-order valence-corrected chi connectivity index (χ2v) is 6.98. The number of aromatic nitrogens is 2. The van der Waals surface area contributed by atoms with Gasteiger partial charge in [-0.1, -0.05) is 18.2 Å². The molecule has 0 aliphatic carbocycles. The molecule has 2 aliphatic heterocycles. The van der Waals surface area contributed by atoms with Gasteiger partial charge in [0, 0.05) is 20.1 Å². The van der Waals surface area contributed by atoms with E-state index in [9.17, 15) is 4.79 Å². The summed E-state index contributed by atoms with van der Waals surface area (Å²) in [6.07, 6.45) is 0.272. The third-order valence-corrected chi connectivity index (χ3v) is 5.07. The van der Waals surface area contributed by atoms with Gasteiger partial charge in [-0.15, -0.1) is 0 Å². The quantitative estimate of drug-likeness (QED) is 0.684. The van der Waals surface area contributed by atoms with Crippen LogP contribution in [0.1, 0.15) is 5.56 Å². The molecule has 0 unspecified atom stereocenters. The van der Waals surface area contributed by atoms with Crippen LogP contribution in [0.15, 0.2) is 42.5 Å². The number of nitrogens with zero attached hydrogens (tertiary/aromatic N) is 4. The van der Waals surface area contributed by atoms with Gasteiger partial charge in [0.2, 0.25) is 5.91 Å². The van der Waals surface area contributed by atoms with E-state index in [1.54, 1.807) is 4.90 Å². The molecular weight excluding hydrogens is 356 g/mol. The Kier molecular flexibility index (Phi) is 4.00. The number of rotatable bonds is 2. The zero-order valence-electron chi connectivity index (χ0n) is 15.6. The number of hydrogen-bond acceptors (Lipinski definition) is 6. The maximum Gasteiger partial charge on any atom is 0.232 e. The molecule has 142 valence electrons. The Morgan fingerprint density at radius 3 is 2.46 bits per heavy atom. The molecule has 0 saturated carbocycles. The van der Waals surface area contributed by atoms with Crippen LogP contribution in [0.5, 0.6) is 11.5 Å². The van der Waals surface area contributed by atoms with E-state index in [0.29, 0.717) is 37.9 Å². The van der Waals surface area contributed by atoms with Crippen molar-refractivity contribution in [3.05, 3.63) is 48.0 Å². The third kappa shape index (κ3) is 2.89. The Bertz CT molecular complexity index is 1070. The molecule has 28 heavy (non-hydrogen) atoms. The first-order valence-electron chi connectivity index (χ1n) is 9.36. The number of benzene rings is 2. The minimum absolute atomic E-state index is 0.00407. The average molecular weight is 376 g/mol. The number of carbonyl (C=O) groups is 1. The fourth-order valence-electron chi connectivity index (χ4n) is 3.59. The minimum atomic E-state index is -0.00407. The second-order valence-electron chi connectivity index (χ2n) is 6.98. The number of hydrogen-bond donors (Lipinski definition) is 0. The second kappa shape index (κ2) is 6.67. The molecule has 3 heterocycles. The highest BCUT2D eigenvalue weighted by Gasteiger charge is 2.28. The average Bonchev–Trinajstić information content (AvgIpc) is 2.73. The number of para-hydroxylation sites is 2. The molecule has 0 saturated heterocycles. The van der Waals surface area contributed by atoms with Gasteiger partial charge < -0.3 is 14.4 Å². The van der Waals surface area contributed by atoms with Crippen molar-refractivity contribution in [2.24, 2.45) is 0 Å². The van der Waals surface area contributed by atoms with Gasteiger partial charge in [0.25, 0.3) is 0 Å². The zero-order valence-corrected chi connectivity index (χ0v) is 15.6. The summed E-state index contributed by atoms with van der Waals surface area (Å²) in [6, 6.07) is 13.4. The summed E-state index contributed by atoms with van der Waals surface area (Å²) in [4.78, 5) is 26.4. The standard InChI is InChI=1S/C21H20N4O3/c1-24-8-9-25(21-20(24)22-15-4-2-3-5-16(15)23-21)19(26)13-14-6-7-17-18(12-14)28-11-10-27-17/h2-7,12H,8-11,13H2,1H3. The molecule has 0 fully saturated rings. The molecule has 0 bridgehead atoms. The van der Waals surface area contributed by atoms with Crippen molar-refractivity contribution in [1.82, 2.24) is 9.97 Å². The Balaban J connectivity index is 1.46. The summed E-state index contributed by atoms with van der Waals surface area (Å²) in [5, 5.41) is 0. The van der Waals surface area contributed by atoms with Crippen molar-refractivity contribution in [1.29, 1.82) is 0 Å². The fourth-order valence-corrected chi connectivity index (χ4v) is 3.59. The van der Waals surface area contributed by atoms with Gasteiger partial charge >= 0.3 is 0 Å². The lowest BCUT2D eigenvalue weighted by molar-refractivity contribution is -0.118. The molecular formula is C21H20N4O3.